The number of aryl methyl sites for hydroxylation is 2. The zero-order chi connectivity index (χ0) is 15.6. The van der Waals surface area contributed by atoms with Crippen LogP contribution in [-0.4, -0.2) is 8.42 Å². The molecule has 2 aromatic carbocycles. The number of hydrogen-bond donors (Lipinski definition) is 2. The van der Waals surface area contributed by atoms with Gasteiger partial charge >= 0.3 is 0 Å². The number of nitrogens with two attached hydrogens (primary N) is 1. The van der Waals surface area contributed by atoms with E-state index in [2.05, 4.69) is 23.5 Å². The maximum atomic E-state index is 11.4. The standard InChI is InChI=1S/C15H17ClN2O2S/c1-10-5-11(2)7-12(6-10)9-18-15-8-13(21(17,19)20)3-4-14(15)16/h3-8,18H,9H2,1-2H3,(H2,17,19,20). The van der Waals surface area contributed by atoms with Gasteiger partial charge in [-0.05, 0) is 37.6 Å². The van der Waals surface area contributed by atoms with E-state index < -0.39 is 10.0 Å². The molecule has 4 nitrogen and oxygen atoms in total. The van der Waals surface area contributed by atoms with Crippen LogP contribution < -0.4 is 10.5 Å². The third kappa shape index (κ3) is 4.20. The van der Waals surface area contributed by atoms with Gasteiger partial charge in [-0.2, -0.15) is 0 Å². The van der Waals surface area contributed by atoms with Crippen LogP contribution in [0, 0.1) is 13.8 Å². The molecule has 0 fully saturated rings. The van der Waals surface area contributed by atoms with Gasteiger partial charge in [-0.15, -0.1) is 0 Å². The Morgan fingerprint density at radius 3 is 2.29 bits per heavy atom. The average Bonchev–Trinajstić information content (AvgIpc) is 2.35. The third-order valence-corrected chi connectivity index (χ3v) is 4.27. The molecule has 0 bridgehead atoms. The van der Waals surface area contributed by atoms with E-state index in [1.54, 1.807) is 0 Å². The largest absolute Gasteiger partial charge is 0.380 e. The van der Waals surface area contributed by atoms with Gasteiger partial charge in [-0.25, -0.2) is 13.6 Å². The lowest BCUT2D eigenvalue weighted by Gasteiger charge is -2.11. The number of sulfonamides is 1. The van der Waals surface area contributed by atoms with Gasteiger partial charge < -0.3 is 5.32 Å². The van der Waals surface area contributed by atoms with Gasteiger partial charge in [0.15, 0.2) is 0 Å². The second-order valence-electron chi connectivity index (χ2n) is 5.04. The summed E-state index contributed by atoms with van der Waals surface area (Å²) < 4.78 is 22.7. The van der Waals surface area contributed by atoms with Gasteiger partial charge in [-0.3, -0.25) is 0 Å². The molecule has 2 rings (SSSR count). The zero-order valence-corrected chi connectivity index (χ0v) is 13.4. The third-order valence-electron chi connectivity index (χ3n) is 3.03. The monoisotopic (exact) mass is 324 g/mol. The van der Waals surface area contributed by atoms with Crippen LogP contribution in [-0.2, 0) is 16.6 Å². The van der Waals surface area contributed by atoms with Crippen molar-refractivity contribution in [3.8, 4) is 0 Å². The Kier molecular flexibility index (Phi) is 4.56. The number of hydrogen-bond acceptors (Lipinski definition) is 3. The topological polar surface area (TPSA) is 72.2 Å². The van der Waals surface area contributed by atoms with Crippen molar-refractivity contribution in [2.75, 3.05) is 5.32 Å². The second-order valence-corrected chi connectivity index (χ2v) is 7.00. The fourth-order valence-electron chi connectivity index (χ4n) is 2.19. The highest BCUT2D eigenvalue weighted by molar-refractivity contribution is 7.89. The van der Waals surface area contributed by atoms with Crippen molar-refractivity contribution in [2.24, 2.45) is 5.14 Å². The highest BCUT2D eigenvalue weighted by atomic mass is 35.5. The molecule has 0 aliphatic rings. The molecule has 0 unspecified atom stereocenters. The van der Waals surface area contributed by atoms with E-state index in [-0.39, 0.29) is 4.90 Å². The van der Waals surface area contributed by atoms with Crippen LogP contribution in [0.1, 0.15) is 16.7 Å². The molecule has 0 spiro atoms. The van der Waals surface area contributed by atoms with Crippen LogP contribution in [0.5, 0.6) is 0 Å². The number of anilines is 1. The Bertz CT molecular complexity index is 753. The minimum absolute atomic E-state index is 0.0369. The van der Waals surface area contributed by atoms with Crippen LogP contribution >= 0.6 is 11.6 Å². The molecule has 6 heteroatoms. The summed E-state index contributed by atoms with van der Waals surface area (Å²) in [6, 6.07) is 10.6. The first-order valence-electron chi connectivity index (χ1n) is 6.39. The highest BCUT2D eigenvalue weighted by Gasteiger charge is 2.10. The second kappa shape index (κ2) is 6.05. The summed E-state index contributed by atoms with van der Waals surface area (Å²) in [5.74, 6) is 0. The molecule has 0 atom stereocenters. The summed E-state index contributed by atoms with van der Waals surface area (Å²) in [6.07, 6.45) is 0. The lowest BCUT2D eigenvalue weighted by molar-refractivity contribution is 0.598. The first kappa shape index (κ1) is 15.8. The van der Waals surface area contributed by atoms with Crippen LogP contribution in [0.15, 0.2) is 41.3 Å². The van der Waals surface area contributed by atoms with Crippen molar-refractivity contribution in [3.63, 3.8) is 0 Å². The van der Waals surface area contributed by atoms with Gasteiger partial charge in [0.2, 0.25) is 10.0 Å². The quantitative estimate of drug-likeness (QED) is 0.907. The molecule has 2 aromatic rings. The van der Waals surface area contributed by atoms with Gasteiger partial charge in [0, 0.05) is 6.54 Å². The molecule has 0 saturated carbocycles. The molecule has 0 saturated heterocycles. The maximum absolute atomic E-state index is 11.4. The number of primary sulfonamides is 1. The minimum Gasteiger partial charge on any atom is -0.380 e. The molecule has 0 amide bonds. The Morgan fingerprint density at radius 2 is 1.71 bits per heavy atom. The number of benzene rings is 2. The van der Waals surface area contributed by atoms with Gasteiger partial charge in [0.1, 0.15) is 0 Å². The molecule has 0 radical (unpaired) electrons. The molecule has 0 heterocycles. The fraction of sp³-hybridized carbons (Fsp3) is 0.200. The van der Waals surface area contributed by atoms with Crippen LogP contribution in [0.3, 0.4) is 0 Å². The summed E-state index contributed by atoms with van der Waals surface area (Å²) in [4.78, 5) is 0.0369. The molecule has 0 aliphatic heterocycles. The molecule has 3 N–H and O–H groups in total. The Labute approximate surface area is 130 Å². The first-order valence-corrected chi connectivity index (χ1v) is 8.31. The maximum Gasteiger partial charge on any atom is 0.238 e. The van der Waals surface area contributed by atoms with Gasteiger partial charge in [0.05, 0.1) is 15.6 Å². The fourth-order valence-corrected chi connectivity index (χ4v) is 2.91. The zero-order valence-electron chi connectivity index (χ0n) is 11.9. The number of rotatable bonds is 4. The SMILES string of the molecule is Cc1cc(C)cc(CNc2cc(S(N)(=O)=O)ccc2Cl)c1. The summed E-state index contributed by atoms with van der Waals surface area (Å²) >= 11 is 6.08. The smallest absolute Gasteiger partial charge is 0.238 e. The summed E-state index contributed by atoms with van der Waals surface area (Å²) in [7, 11) is -3.74. The Morgan fingerprint density at radius 1 is 1.10 bits per heavy atom. The van der Waals surface area contributed by atoms with Crippen molar-refractivity contribution in [1.82, 2.24) is 0 Å². The van der Waals surface area contributed by atoms with E-state index in [0.717, 1.165) is 5.56 Å². The molecule has 0 aromatic heterocycles. The van der Waals surface area contributed by atoms with E-state index in [1.807, 2.05) is 13.8 Å². The normalized spacial score (nSPS) is 11.4. The molecular weight excluding hydrogens is 308 g/mol. The van der Waals surface area contributed by atoms with E-state index in [4.69, 9.17) is 16.7 Å². The van der Waals surface area contributed by atoms with Gasteiger partial charge in [0.25, 0.3) is 0 Å². The highest BCUT2D eigenvalue weighted by Crippen LogP contribution is 2.25. The van der Waals surface area contributed by atoms with Crippen LogP contribution in [0.25, 0.3) is 0 Å². The molecule has 112 valence electrons. The summed E-state index contributed by atoms with van der Waals surface area (Å²) in [6.45, 7) is 4.62. The molecule has 0 aliphatic carbocycles. The van der Waals surface area contributed by atoms with Crippen molar-refractivity contribution < 1.29 is 8.42 Å². The summed E-state index contributed by atoms with van der Waals surface area (Å²) in [5, 5.41) is 8.72. The predicted octanol–water partition coefficient (Wildman–Crippen LogP) is 3.22. The predicted molar refractivity (Wildman–Crippen MR) is 86.1 cm³/mol. The average molecular weight is 325 g/mol. The van der Waals surface area contributed by atoms with Crippen LogP contribution in [0.4, 0.5) is 5.69 Å². The first-order chi connectivity index (χ1) is 9.75. The molecule has 21 heavy (non-hydrogen) atoms. The Balaban J connectivity index is 2.23. The van der Waals surface area contributed by atoms with E-state index >= 15 is 0 Å². The van der Waals surface area contributed by atoms with E-state index in [1.165, 1.54) is 29.3 Å². The van der Waals surface area contributed by atoms with Crippen molar-refractivity contribution >= 4 is 27.3 Å². The van der Waals surface area contributed by atoms with Gasteiger partial charge in [-0.1, -0.05) is 40.9 Å². The van der Waals surface area contributed by atoms with Crippen molar-refractivity contribution in [3.05, 3.63) is 58.1 Å². The van der Waals surface area contributed by atoms with E-state index in [0.29, 0.717) is 17.3 Å². The number of halogens is 1. The number of nitrogens with one attached hydrogen (secondary N) is 1. The van der Waals surface area contributed by atoms with Crippen molar-refractivity contribution in [2.45, 2.75) is 25.3 Å². The Hall–Kier alpha value is -1.56. The van der Waals surface area contributed by atoms with E-state index in [9.17, 15) is 8.42 Å². The minimum atomic E-state index is -3.74. The van der Waals surface area contributed by atoms with Crippen LogP contribution in [0.2, 0.25) is 5.02 Å². The van der Waals surface area contributed by atoms with Crippen molar-refractivity contribution in [1.29, 1.82) is 0 Å². The lowest BCUT2D eigenvalue weighted by atomic mass is 10.1. The lowest BCUT2D eigenvalue weighted by Crippen LogP contribution is -2.12. The summed E-state index contributed by atoms with van der Waals surface area (Å²) in [5.41, 5.74) is 4.00. The molecular formula is C15H17ClN2O2S.